The van der Waals surface area contributed by atoms with Gasteiger partial charge in [-0.2, -0.15) is 0 Å². The van der Waals surface area contributed by atoms with Crippen LogP contribution in [0.2, 0.25) is 0 Å². The molecule has 2 heteroatoms. The first-order valence-electron chi connectivity index (χ1n) is 2.41. The summed E-state index contributed by atoms with van der Waals surface area (Å²) in [5.74, 6) is 0. The van der Waals surface area contributed by atoms with Crippen molar-refractivity contribution < 1.29 is 0 Å². The van der Waals surface area contributed by atoms with Gasteiger partial charge in [0, 0.05) is 0 Å². The quantitative estimate of drug-likeness (QED) is 0.423. The van der Waals surface area contributed by atoms with E-state index >= 15 is 0 Å². The van der Waals surface area contributed by atoms with Crippen molar-refractivity contribution in [2.24, 2.45) is 0 Å². The fourth-order valence-corrected chi connectivity index (χ4v) is 1.41. The molecule has 0 heterocycles. The highest BCUT2D eigenvalue weighted by molar-refractivity contribution is 8.69. The van der Waals surface area contributed by atoms with Gasteiger partial charge in [0.25, 0.3) is 0 Å². The largest absolute Gasteiger partial charge is 0.107 e. The van der Waals surface area contributed by atoms with Crippen molar-refractivity contribution in [2.45, 2.75) is 19.3 Å². The van der Waals surface area contributed by atoms with E-state index in [1.165, 1.54) is 30.1 Å². The van der Waals surface area contributed by atoms with Crippen LogP contribution in [0.15, 0.2) is 11.0 Å². The van der Waals surface area contributed by atoms with Crippen LogP contribution in [0.3, 0.4) is 0 Å². The molecule has 0 aliphatic heterocycles. The summed E-state index contributed by atoms with van der Waals surface area (Å²) < 4.78 is 0. The highest BCUT2D eigenvalue weighted by atomic mass is 33.1. The molecule has 0 radical (unpaired) electrons. The van der Waals surface area contributed by atoms with Gasteiger partial charge in [-0.3, -0.25) is 0 Å². The first-order valence-corrected chi connectivity index (χ1v) is 4.35. The van der Waals surface area contributed by atoms with E-state index in [1.807, 2.05) is 0 Å². The molecule has 0 aromatic carbocycles. The third-order valence-electron chi connectivity index (χ3n) is 1.22. The zero-order valence-electron chi connectivity index (χ0n) is 4.05. The molecule has 0 saturated heterocycles. The molecule has 0 spiro atoms. The lowest BCUT2D eigenvalue weighted by molar-refractivity contribution is 0.665. The summed E-state index contributed by atoms with van der Waals surface area (Å²) in [6.45, 7) is 0. The Morgan fingerprint density at radius 2 is 2.29 bits per heavy atom. The molecule has 0 amide bonds. The number of allylic oxidation sites excluding steroid dienone is 1. The molecule has 0 unspecified atom stereocenters. The Morgan fingerprint density at radius 1 is 1.57 bits per heavy atom. The van der Waals surface area contributed by atoms with Crippen LogP contribution in [0.25, 0.3) is 0 Å². The van der Waals surface area contributed by atoms with Crippen LogP contribution >= 0.6 is 22.5 Å². The summed E-state index contributed by atoms with van der Waals surface area (Å²) >= 11 is 3.99. The first-order chi connectivity index (χ1) is 3.43. The summed E-state index contributed by atoms with van der Waals surface area (Å²) in [7, 11) is 1.52. The van der Waals surface area contributed by atoms with Crippen molar-refractivity contribution in [1.29, 1.82) is 0 Å². The Morgan fingerprint density at radius 3 is 2.43 bits per heavy atom. The van der Waals surface area contributed by atoms with Crippen molar-refractivity contribution in [1.82, 2.24) is 0 Å². The van der Waals surface area contributed by atoms with Crippen LogP contribution in [-0.4, -0.2) is 0 Å². The van der Waals surface area contributed by atoms with Crippen LogP contribution in [0, 0.1) is 0 Å². The van der Waals surface area contributed by atoms with Gasteiger partial charge in [0.2, 0.25) is 0 Å². The van der Waals surface area contributed by atoms with Crippen molar-refractivity contribution in [2.75, 3.05) is 0 Å². The predicted molar refractivity (Wildman–Crippen MR) is 38.5 cm³/mol. The van der Waals surface area contributed by atoms with E-state index in [4.69, 9.17) is 0 Å². The highest BCUT2D eigenvalue weighted by Crippen LogP contribution is 2.28. The summed E-state index contributed by atoms with van der Waals surface area (Å²) in [4.78, 5) is 0. The van der Waals surface area contributed by atoms with Gasteiger partial charge in [-0.1, -0.05) is 16.4 Å². The lowest BCUT2D eigenvalue weighted by atomic mass is 9.95. The van der Waals surface area contributed by atoms with E-state index in [-0.39, 0.29) is 0 Å². The van der Waals surface area contributed by atoms with E-state index < -0.39 is 0 Å². The van der Waals surface area contributed by atoms with Crippen LogP contribution in [0.4, 0.5) is 0 Å². The van der Waals surface area contributed by atoms with Gasteiger partial charge in [0.1, 0.15) is 0 Å². The topological polar surface area (TPSA) is 0 Å². The average molecular weight is 132 g/mol. The zero-order chi connectivity index (χ0) is 5.11. The lowest BCUT2D eigenvalue weighted by Gasteiger charge is -2.14. The Bertz CT molecular complexity index is 80.1. The van der Waals surface area contributed by atoms with E-state index in [2.05, 4.69) is 17.1 Å². The smallest absolute Gasteiger partial charge is 0.0192 e. The second kappa shape index (κ2) is 2.68. The molecular formula is C5H8S2. The lowest BCUT2D eigenvalue weighted by Crippen LogP contribution is -1.94. The molecule has 0 N–H and O–H groups in total. The van der Waals surface area contributed by atoms with Crippen LogP contribution in [-0.2, 0) is 0 Å². The molecule has 1 saturated carbocycles. The van der Waals surface area contributed by atoms with Gasteiger partial charge >= 0.3 is 0 Å². The maximum absolute atomic E-state index is 3.99. The molecule has 0 aromatic rings. The van der Waals surface area contributed by atoms with Gasteiger partial charge < -0.3 is 0 Å². The van der Waals surface area contributed by atoms with Gasteiger partial charge in [-0.05, 0) is 24.7 Å². The van der Waals surface area contributed by atoms with E-state index in [9.17, 15) is 0 Å². The minimum atomic E-state index is 1.31. The third-order valence-corrected chi connectivity index (χ3v) is 1.97. The van der Waals surface area contributed by atoms with E-state index in [0.29, 0.717) is 0 Å². The number of rotatable bonds is 1. The molecular weight excluding hydrogens is 124 g/mol. The molecule has 0 nitrogen and oxygen atoms in total. The molecule has 0 bridgehead atoms. The summed E-state index contributed by atoms with van der Waals surface area (Å²) in [5.41, 5.74) is 1.57. The molecule has 40 valence electrons. The minimum Gasteiger partial charge on any atom is -0.107 e. The number of hydrogen-bond donors (Lipinski definition) is 1. The molecule has 1 aliphatic carbocycles. The SMILES string of the molecule is SSC=C1CCC1. The summed E-state index contributed by atoms with van der Waals surface area (Å²) in [6, 6.07) is 0. The highest BCUT2D eigenvalue weighted by Gasteiger charge is 2.05. The summed E-state index contributed by atoms with van der Waals surface area (Å²) in [6.07, 6.45) is 4.02. The molecule has 0 aromatic heterocycles. The van der Waals surface area contributed by atoms with Crippen LogP contribution in [0.5, 0.6) is 0 Å². The Labute approximate surface area is 53.2 Å². The molecule has 7 heavy (non-hydrogen) atoms. The minimum absolute atomic E-state index is 1.31. The first kappa shape index (κ1) is 5.57. The van der Waals surface area contributed by atoms with E-state index in [1.54, 1.807) is 5.57 Å². The maximum atomic E-state index is 3.99. The molecule has 1 rings (SSSR count). The van der Waals surface area contributed by atoms with Gasteiger partial charge in [-0.25, -0.2) is 0 Å². The Kier molecular flexibility index (Phi) is 2.13. The number of hydrogen-bond acceptors (Lipinski definition) is 2. The van der Waals surface area contributed by atoms with Crippen molar-refractivity contribution in [3.05, 3.63) is 11.0 Å². The maximum Gasteiger partial charge on any atom is -0.0192 e. The van der Waals surface area contributed by atoms with Crippen LogP contribution in [0.1, 0.15) is 19.3 Å². The standard InChI is InChI=1S/C5H8S2/c6-7-4-5-2-1-3-5/h4,6H,1-3H2. The van der Waals surface area contributed by atoms with Gasteiger partial charge in [-0.15, -0.1) is 11.7 Å². The second-order valence-corrected chi connectivity index (χ2v) is 2.81. The predicted octanol–water partition coefficient (Wildman–Crippen LogP) is 2.63. The third kappa shape index (κ3) is 1.42. The van der Waals surface area contributed by atoms with Crippen molar-refractivity contribution in [3.8, 4) is 0 Å². The molecule has 0 atom stereocenters. The van der Waals surface area contributed by atoms with Gasteiger partial charge in [0.15, 0.2) is 0 Å². The average Bonchev–Trinajstić information content (AvgIpc) is 1.55. The molecule has 1 aliphatic rings. The monoisotopic (exact) mass is 132 g/mol. The van der Waals surface area contributed by atoms with Crippen molar-refractivity contribution in [3.63, 3.8) is 0 Å². The van der Waals surface area contributed by atoms with Crippen molar-refractivity contribution >= 4 is 22.5 Å². The Balaban J connectivity index is 2.23. The Hall–Kier alpha value is 0.440. The normalized spacial score (nSPS) is 18.7. The fourth-order valence-electron chi connectivity index (χ4n) is 0.573. The second-order valence-electron chi connectivity index (χ2n) is 1.74. The van der Waals surface area contributed by atoms with E-state index in [0.717, 1.165) is 0 Å². The molecule has 1 fully saturated rings. The fraction of sp³-hybridized carbons (Fsp3) is 0.600. The van der Waals surface area contributed by atoms with Gasteiger partial charge in [0.05, 0.1) is 0 Å². The van der Waals surface area contributed by atoms with Crippen LogP contribution < -0.4 is 0 Å². The zero-order valence-corrected chi connectivity index (χ0v) is 5.77. The summed E-state index contributed by atoms with van der Waals surface area (Å²) in [5, 5.41) is 2.13. The number of thiol groups is 1.